The molecule has 0 aliphatic heterocycles. The van der Waals surface area contributed by atoms with Crippen LogP contribution in [0.5, 0.6) is 0 Å². The number of para-hydroxylation sites is 2. The molecule has 290 valence electrons. The van der Waals surface area contributed by atoms with Crippen LogP contribution in [0.1, 0.15) is 0 Å². The lowest BCUT2D eigenvalue weighted by atomic mass is 9.94. The average molecular weight is 789 g/mol. The van der Waals surface area contributed by atoms with Gasteiger partial charge in [-0.25, -0.2) is 0 Å². The monoisotopic (exact) mass is 788 g/mol. The van der Waals surface area contributed by atoms with Crippen LogP contribution in [-0.4, -0.2) is 9.13 Å². The van der Waals surface area contributed by atoms with Gasteiger partial charge in [0, 0.05) is 32.9 Å². The molecule has 12 aromatic rings. The zero-order valence-corrected chi connectivity index (χ0v) is 34.0. The van der Waals surface area contributed by atoms with E-state index < -0.39 is 0 Å². The van der Waals surface area contributed by atoms with Crippen molar-refractivity contribution in [3.63, 3.8) is 0 Å². The molecule has 0 saturated heterocycles. The van der Waals surface area contributed by atoms with E-state index in [1.807, 2.05) is 0 Å². The Balaban J connectivity index is 1.00. The molecule has 0 unspecified atom stereocenters. The molecule has 0 saturated carbocycles. The van der Waals surface area contributed by atoms with E-state index in [-0.39, 0.29) is 0 Å². The van der Waals surface area contributed by atoms with E-state index >= 15 is 0 Å². The fourth-order valence-corrected chi connectivity index (χ4v) is 9.62. The lowest BCUT2D eigenvalue weighted by molar-refractivity contribution is 1.15. The molecule has 62 heavy (non-hydrogen) atoms. The summed E-state index contributed by atoms with van der Waals surface area (Å²) < 4.78 is 4.89. The van der Waals surface area contributed by atoms with Gasteiger partial charge in [-0.2, -0.15) is 0 Å². The van der Waals surface area contributed by atoms with Crippen molar-refractivity contribution in [3.8, 4) is 67.0 Å². The van der Waals surface area contributed by atoms with Crippen molar-refractivity contribution in [2.45, 2.75) is 0 Å². The Kier molecular flexibility index (Phi) is 8.53. The molecule has 0 fully saturated rings. The Labute approximate surface area is 360 Å². The summed E-state index contributed by atoms with van der Waals surface area (Å²) in [4.78, 5) is 0. The first-order valence-corrected chi connectivity index (χ1v) is 21.3. The van der Waals surface area contributed by atoms with E-state index in [4.69, 9.17) is 0 Å². The van der Waals surface area contributed by atoms with Crippen LogP contribution in [0.25, 0.3) is 111 Å². The molecular weight excluding hydrogens is 749 g/mol. The predicted octanol–water partition coefficient (Wildman–Crippen LogP) is 16.2. The van der Waals surface area contributed by atoms with E-state index in [1.165, 1.54) is 99.2 Å². The van der Waals surface area contributed by atoms with Crippen molar-refractivity contribution in [3.05, 3.63) is 243 Å². The molecule has 2 aromatic heterocycles. The maximum absolute atomic E-state index is 2.45. The van der Waals surface area contributed by atoms with Crippen LogP contribution < -0.4 is 0 Å². The van der Waals surface area contributed by atoms with Gasteiger partial charge >= 0.3 is 0 Å². The summed E-state index contributed by atoms with van der Waals surface area (Å²) in [5.41, 5.74) is 19.1. The number of fused-ring (bicyclic) bond motifs is 6. The molecule has 10 aromatic carbocycles. The largest absolute Gasteiger partial charge is 0.309 e. The summed E-state index contributed by atoms with van der Waals surface area (Å²) >= 11 is 0. The third kappa shape index (κ3) is 6.04. The minimum absolute atomic E-state index is 1.13. The molecule has 0 radical (unpaired) electrons. The molecule has 2 heteroatoms. The quantitative estimate of drug-likeness (QED) is 0.152. The number of hydrogen-bond donors (Lipinski definition) is 0. The van der Waals surface area contributed by atoms with Crippen LogP contribution in [0.4, 0.5) is 0 Å². The highest BCUT2D eigenvalue weighted by molar-refractivity contribution is 6.16. The topological polar surface area (TPSA) is 9.86 Å². The standard InChI is InChI=1S/C60H40N2/c1-3-16-41(17-4-1)43-20-11-22-45(36-43)47-24-13-26-49(38-47)52-30-15-33-58-60(52)55-29-8-10-32-57(55)61(58)51-34-35-54-53-28-7-9-31-56(53)62(59(54)40-51)50-27-14-25-48(39-50)46-23-12-21-44(37-46)42-18-5-2-6-19-42/h1-40H. The van der Waals surface area contributed by atoms with Crippen molar-refractivity contribution in [2.24, 2.45) is 0 Å². The molecule has 0 bridgehead atoms. The first kappa shape index (κ1) is 35.7. The molecule has 0 aliphatic carbocycles. The highest BCUT2D eigenvalue weighted by Crippen LogP contribution is 2.41. The number of rotatable bonds is 7. The fraction of sp³-hybridized carbons (Fsp3) is 0. The molecule has 0 spiro atoms. The second-order valence-corrected chi connectivity index (χ2v) is 16.1. The van der Waals surface area contributed by atoms with E-state index in [0.29, 0.717) is 0 Å². The summed E-state index contributed by atoms with van der Waals surface area (Å²) in [5, 5.41) is 4.96. The second-order valence-electron chi connectivity index (χ2n) is 16.1. The van der Waals surface area contributed by atoms with E-state index in [0.717, 1.165) is 11.4 Å². The summed E-state index contributed by atoms with van der Waals surface area (Å²) in [6.07, 6.45) is 0. The maximum Gasteiger partial charge on any atom is 0.0561 e. The van der Waals surface area contributed by atoms with Crippen LogP contribution in [0.3, 0.4) is 0 Å². The van der Waals surface area contributed by atoms with Crippen molar-refractivity contribution in [1.82, 2.24) is 9.13 Å². The van der Waals surface area contributed by atoms with Gasteiger partial charge in [0.2, 0.25) is 0 Å². The van der Waals surface area contributed by atoms with Gasteiger partial charge < -0.3 is 9.13 Å². The molecule has 0 aliphatic rings. The Hall–Kier alpha value is -8.20. The lowest BCUT2D eigenvalue weighted by Crippen LogP contribution is -1.97. The van der Waals surface area contributed by atoms with E-state index in [2.05, 4.69) is 252 Å². The second kappa shape index (κ2) is 14.8. The highest BCUT2D eigenvalue weighted by Gasteiger charge is 2.19. The maximum atomic E-state index is 2.45. The Bertz CT molecular complexity index is 3630. The molecule has 0 amide bonds. The molecule has 0 N–H and O–H groups in total. The smallest absolute Gasteiger partial charge is 0.0561 e. The average Bonchev–Trinajstić information content (AvgIpc) is 3.87. The van der Waals surface area contributed by atoms with Crippen LogP contribution in [0.2, 0.25) is 0 Å². The summed E-state index contributed by atoms with van der Waals surface area (Å²) in [7, 11) is 0. The fourth-order valence-electron chi connectivity index (χ4n) is 9.62. The van der Waals surface area contributed by atoms with Crippen molar-refractivity contribution >= 4 is 43.6 Å². The normalized spacial score (nSPS) is 11.5. The Morgan fingerprint density at radius 2 is 0.613 bits per heavy atom. The molecule has 2 nitrogen and oxygen atoms in total. The number of nitrogens with zero attached hydrogens (tertiary/aromatic N) is 2. The highest BCUT2D eigenvalue weighted by atomic mass is 15.0. The molecular formula is C60H40N2. The van der Waals surface area contributed by atoms with Gasteiger partial charge in [-0.05, 0) is 116 Å². The van der Waals surface area contributed by atoms with Gasteiger partial charge in [0.15, 0.2) is 0 Å². The summed E-state index contributed by atoms with van der Waals surface area (Å²) in [5.74, 6) is 0. The zero-order valence-electron chi connectivity index (χ0n) is 34.0. The summed E-state index contributed by atoms with van der Waals surface area (Å²) in [6, 6.07) is 88.4. The van der Waals surface area contributed by atoms with Gasteiger partial charge in [-0.15, -0.1) is 0 Å². The van der Waals surface area contributed by atoms with E-state index in [9.17, 15) is 0 Å². The molecule has 2 heterocycles. The van der Waals surface area contributed by atoms with Gasteiger partial charge in [0.1, 0.15) is 0 Å². The van der Waals surface area contributed by atoms with Gasteiger partial charge in [-0.3, -0.25) is 0 Å². The predicted molar refractivity (Wildman–Crippen MR) is 262 cm³/mol. The number of benzene rings is 10. The van der Waals surface area contributed by atoms with Gasteiger partial charge in [0.05, 0.1) is 22.1 Å². The van der Waals surface area contributed by atoms with Crippen LogP contribution in [0, 0.1) is 0 Å². The number of aromatic nitrogens is 2. The Morgan fingerprint density at radius 3 is 1.26 bits per heavy atom. The van der Waals surface area contributed by atoms with Gasteiger partial charge in [-0.1, -0.05) is 182 Å². The van der Waals surface area contributed by atoms with Crippen molar-refractivity contribution < 1.29 is 0 Å². The van der Waals surface area contributed by atoms with E-state index in [1.54, 1.807) is 0 Å². The third-order valence-electron chi connectivity index (χ3n) is 12.5. The van der Waals surface area contributed by atoms with Crippen LogP contribution >= 0.6 is 0 Å². The lowest BCUT2D eigenvalue weighted by Gasteiger charge is -2.13. The third-order valence-corrected chi connectivity index (χ3v) is 12.5. The number of hydrogen-bond acceptors (Lipinski definition) is 0. The van der Waals surface area contributed by atoms with Crippen LogP contribution in [-0.2, 0) is 0 Å². The SMILES string of the molecule is c1ccc(-c2cccc(-c3cccc(-c4cccc5c4c4ccccc4n5-c4ccc5c6ccccc6n(-c6cccc(-c7cccc(-c8ccccc8)c7)c6)c5c4)c3)c2)cc1. The van der Waals surface area contributed by atoms with Crippen molar-refractivity contribution in [1.29, 1.82) is 0 Å². The Morgan fingerprint density at radius 1 is 0.210 bits per heavy atom. The van der Waals surface area contributed by atoms with Gasteiger partial charge in [0.25, 0.3) is 0 Å². The first-order chi connectivity index (χ1) is 30.7. The zero-order chi connectivity index (χ0) is 41.0. The van der Waals surface area contributed by atoms with Crippen LogP contribution in [0.15, 0.2) is 243 Å². The van der Waals surface area contributed by atoms with Crippen molar-refractivity contribution in [2.75, 3.05) is 0 Å². The molecule has 0 atom stereocenters. The first-order valence-electron chi connectivity index (χ1n) is 21.3. The minimum atomic E-state index is 1.13. The molecule has 12 rings (SSSR count). The summed E-state index contributed by atoms with van der Waals surface area (Å²) in [6.45, 7) is 0. The minimum Gasteiger partial charge on any atom is -0.309 e.